The van der Waals surface area contributed by atoms with Crippen molar-refractivity contribution in [3.63, 3.8) is 0 Å². The molecule has 11 nitrogen and oxygen atoms in total. The number of carbonyl (C=O) groups excluding carboxylic acids is 1. The van der Waals surface area contributed by atoms with Gasteiger partial charge in [-0.05, 0) is 55.5 Å². The van der Waals surface area contributed by atoms with E-state index in [1.54, 1.807) is 49.2 Å². The Labute approximate surface area is 246 Å². The number of fused-ring (bicyclic) bond motifs is 1. The first-order chi connectivity index (χ1) is 20.1. The molecule has 43 heavy (non-hydrogen) atoms. The molecule has 2 aromatic carbocycles. The highest BCUT2D eigenvalue weighted by atomic mass is 32.5. The minimum atomic E-state index is -4.47. The van der Waals surface area contributed by atoms with Crippen molar-refractivity contribution in [1.82, 2.24) is 14.6 Å². The molecular formula is C26H28F4N3O8PS. The fourth-order valence-electron chi connectivity index (χ4n) is 4.28. The molecule has 17 heteroatoms. The number of halogens is 4. The van der Waals surface area contributed by atoms with Crippen molar-refractivity contribution in [1.29, 1.82) is 0 Å². The Kier molecular flexibility index (Phi) is 9.50. The Bertz CT molecular complexity index is 1650. The number of alkyl halides is 4. The van der Waals surface area contributed by atoms with Crippen molar-refractivity contribution in [2.24, 2.45) is 0 Å². The van der Waals surface area contributed by atoms with E-state index >= 15 is 8.78 Å². The van der Waals surface area contributed by atoms with E-state index in [0.29, 0.717) is 17.6 Å². The summed E-state index contributed by atoms with van der Waals surface area (Å²) in [5.74, 6) is -5.16. The van der Waals surface area contributed by atoms with Gasteiger partial charge in [0.2, 0.25) is 6.23 Å². The summed E-state index contributed by atoms with van der Waals surface area (Å²) in [7, 11) is 0. The number of nitrogens with one attached hydrogen (secondary N) is 2. The van der Waals surface area contributed by atoms with Crippen LogP contribution in [0, 0.1) is 0 Å². The zero-order valence-electron chi connectivity index (χ0n) is 22.9. The topological polar surface area (TPSA) is 141 Å². The van der Waals surface area contributed by atoms with Gasteiger partial charge in [-0.1, -0.05) is 30.3 Å². The fraction of sp³-hybridized carbons (Fsp3) is 0.423. The van der Waals surface area contributed by atoms with Crippen LogP contribution in [-0.2, 0) is 30.6 Å². The van der Waals surface area contributed by atoms with E-state index in [9.17, 15) is 28.3 Å². The van der Waals surface area contributed by atoms with Crippen LogP contribution < -0.4 is 20.9 Å². The van der Waals surface area contributed by atoms with Gasteiger partial charge in [-0.3, -0.25) is 19.1 Å². The van der Waals surface area contributed by atoms with E-state index in [4.69, 9.17) is 30.3 Å². The first-order valence-electron chi connectivity index (χ1n) is 12.8. The lowest BCUT2D eigenvalue weighted by atomic mass is 9.96. The van der Waals surface area contributed by atoms with Gasteiger partial charge in [0.15, 0.2) is 11.7 Å². The predicted molar refractivity (Wildman–Crippen MR) is 150 cm³/mol. The third-order valence-corrected chi connectivity index (χ3v) is 8.90. The van der Waals surface area contributed by atoms with Crippen LogP contribution in [0.4, 0.5) is 17.6 Å². The summed E-state index contributed by atoms with van der Waals surface area (Å²) in [6, 6.07) is 11.4. The molecule has 2 heterocycles. The lowest BCUT2D eigenvalue weighted by Gasteiger charge is -2.34. The van der Waals surface area contributed by atoms with Gasteiger partial charge in [0, 0.05) is 12.3 Å². The highest BCUT2D eigenvalue weighted by Gasteiger charge is 2.71. The second-order valence-corrected chi connectivity index (χ2v) is 13.2. The summed E-state index contributed by atoms with van der Waals surface area (Å²) in [4.78, 5) is 37.8. The number of ether oxygens (including phenoxy) is 2. The molecule has 1 aliphatic heterocycles. The highest BCUT2D eigenvalue weighted by Crippen LogP contribution is 2.53. The van der Waals surface area contributed by atoms with Gasteiger partial charge in [0.05, 0.1) is 12.7 Å². The monoisotopic (exact) mass is 649 g/mol. The lowest BCUT2D eigenvalue weighted by molar-refractivity contribution is -0.192. The van der Waals surface area contributed by atoms with Crippen molar-refractivity contribution in [2.45, 2.75) is 63.2 Å². The molecule has 1 aliphatic rings. The number of esters is 1. The largest absolute Gasteiger partial charge is 0.462 e. The van der Waals surface area contributed by atoms with Gasteiger partial charge in [-0.15, -0.1) is 0 Å². The van der Waals surface area contributed by atoms with Gasteiger partial charge in [0.1, 0.15) is 11.8 Å². The SMILES string of the molecule is CC(C)OC(=O)C(C)NP(=S)(OCC1(C(F)F)OC(n2ccc(=O)[nH]c2=O)C(F)(F)C1O)Oc1ccc2ccccc2c1. The van der Waals surface area contributed by atoms with E-state index in [1.807, 2.05) is 6.07 Å². The van der Waals surface area contributed by atoms with E-state index in [1.165, 1.54) is 13.0 Å². The second-order valence-electron chi connectivity index (χ2n) is 10.0. The molecule has 1 saturated heterocycles. The predicted octanol–water partition coefficient (Wildman–Crippen LogP) is 3.47. The Morgan fingerprint density at radius 1 is 1.16 bits per heavy atom. The molecule has 1 fully saturated rings. The molecule has 5 unspecified atom stereocenters. The number of aliphatic hydroxyl groups is 1. The zero-order chi connectivity index (χ0) is 31.7. The molecule has 0 saturated carbocycles. The Hall–Kier alpha value is -3.14. The zero-order valence-corrected chi connectivity index (χ0v) is 24.6. The second kappa shape index (κ2) is 12.5. The number of aromatic amines is 1. The smallest absolute Gasteiger partial charge is 0.330 e. The maximum absolute atomic E-state index is 15.2. The summed E-state index contributed by atoms with van der Waals surface area (Å²) in [6.07, 6.45) is -9.67. The van der Waals surface area contributed by atoms with Gasteiger partial charge >= 0.3 is 24.2 Å². The average Bonchev–Trinajstić information content (AvgIpc) is 3.13. The minimum absolute atomic E-state index is 0.0981. The highest BCUT2D eigenvalue weighted by molar-refractivity contribution is 8.09. The standard InChI is InChI=1S/C26H28F4N3O8PS/c1-14(2)39-20(35)15(3)32-42(43,41-18-9-8-16-6-4-5-7-17(16)12-18)38-13-25(22(27)28)21(36)26(29,30)23(40-25)33-11-10-19(34)31-24(33)37/h4-12,14-15,21-23,36H,13H2,1-3H3,(H,32,43)(H,31,34,37). The maximum Gasteiger partial charge on any atom is 0.330 e. The Balaban J connectivity index is 1.68. The number of hydrogen-bond donors (Lipinski definition) is 3. The third-order valence-electron chi connectivity index (χ3n) is 6.42. The molecular weight excluding hydrogens is 621 g/mol. The lowest BCUT2D eigenvalue weighted by Crippen LogP contribution is -2.54. The number of aromatic nitrogens is 2. The minimum Gasteiger partial charge on any atom is -0.462 e. The fourth-order valence-corrected chi connectivity index (χ4v) is 6.69. The Morgan fingerprint density at radius 3 is 2.47 bits per heavy atom. The maximum atomic E-state index is 15.2. The molecule has 1 aromatic heterocycles. The van der Waals surface area contributed by atoms with Crippen LogP contribution in [0.1, 0.15) is 27.0 Å². The summed E-state index contributed by atoms with van der Waals surface area (Å²) in [5.41, 5.74) is -5.75. The number of aliphatic hydroxyl groups excluding tert-OH is 1. The Morgan fingerprint density at radius 2 is 1.84 bits per heavy atom. The number of rotatable bonds is 11. The van der Waals surface area contributed by atoms with Crippen LogP contribution in [0.25, 0.3) is 10.8 Å². The first kappa shape index (κ1) is 32.8. The first-order valence-corrected chi connectivity index (χ1v) is 15.5. The van der Waals surface area contributed by atoms with E-state index in [0.717, 1.165) is 5.39 Å². The number of nitrogens with zero attached hydrogens (tertiary/aromatic N) is 1. The molecule has 5 atom stereocenters. The molecule has 0 bridgehead atoms. The van der Waals surface area contributed by atoms with Crippen LogP contribution in [0.3, 0.4) is 0 Å². The van der Waals surface area contributed by atoms with Crippen LogP contribution >= 0.6 is 6.64 Å². The van der Waals surface area contributed by atoms with Crippen molar-refractivity contribution in [2.75, 3.05) is 6.61 Å². The van der Waals surface area contributed by atoms with Crippen LogP contribution in [0.5, 0.6) is 5.75 Å². The normalized spacial score (nSPS) is 23.8. The molecule has 0 amide bonds. The van der Waals surface area contributed by atoms with E-state index < -0.39 is 72.9 Å². The molecule has 4 rings (SSSR count). The van der Waals surface area contributed by atoms with Gasteiger partial charge in [-0.25, -0.2) is 18.7 Å². The molecule has 0 radical (unpaired) electrons. The molecule has 0 spiro atoms. The molecule has 0 aliphatic carbocycles. The molecule has 3 N–H and O–H groups in total. The van der Waals surface area contributed by atoms with E-state index in [-0.39, 0.29) is 10.3 Å². The van der Waals surface area contributed by atoms with Crippen LogP contribution in [-0.4, -0.2) is 63.4 Å². The van der Waals surface area contributed by atoms with Crippen molar-refractivity contribution < 1.29 is 46.0 Å². The van der Waals surface area contributed by atoms with Gasteiger partial charge < -0.3 is 23.6 Å². The van der Waals surface area contributed by atoms with Crippen molar-refractivity contribution in [3.8, 4) is 5.75 Å². The number of carbonyl (C=O) groups is 1. The summed E-state index contributed by atoms with van der Waals surface area (Å²) >= 11 is 5.52. The van der Waals surface area contributed by atoms with Crippen LogP contribution in [0.15, 0.2) is 64.3 Å². The van der Waals surface area contributed by atoms with Gasteiger partial charge in [-0.2, -0.15) is 8.78 Å². The average molecular weight is 650 g/mol. The number of H-pyrrole nitrogens is 1. The summed E-state index contributed by atoms with van der Waals surface area (Å²) < 4.78 is 81.3. The number of hydrogen-bond acceptors (Lipinski definition) is 9. The van der Waals surface area contributed by atoms with Crippen LogP contribution in [0.2, 0.25) is 0 Å². The summed E-state index contributed by atoms with van der Waals surface area (Å²) in [6.45, 7) is -1.01. The molecule has 3 aromatic rings. The van der Waals surface area contributed by atoms with E-state index in [2.05, 4.69) is 5.09 Å². The van der Waals surface area contributed by atoms with Gasteiger partial charge in [0.25, 0.3) is 12.0 Å². The quantitative estimate of drug-likeness (QED) is 0.161. The summed E-state index contributed by atoms with van der Waals surface area (Å²) in [5, 5.41) is 14.7. The van der Waals surface area contributed by atoms with Crippen molar-refractivity contribution >= 4 is 35.2 Å². The number of benzene rings is 2. The molecule has 234 valence electrons. The van der Waals surface area contributed by atoms with Crippen molar-refractivity contribution in [3.05, 3.63) is 75.6 Å². The third kappa shape index (κ3) is 6.84.